The van der Waals surface area contributed by atoms with Crippen LogP contribution in [0.2, 0.25) is 0 Å². The summed E-state index contributed by atoms with van der Waals surface area (Å²) in [5.74, 6) is 0. The summed E-state index contributed by atoms with van der Waals surface area (Å²) in [5, 5.41) is 44.4. The number of aliphatic hydroxyl groups is 4. The average molecular weight is 196 g/mol. The van der Waals surface area contributed by atoms with Crippen LogP contribution in [0.4, 0.5) is 0 Å². The van der Waals surface area contributed by atoms with E-state index in [0.717, 1.165) is 0 Å². The van der Waals surface area contributed by atoms with Crippen LogP contribution in [0, 0.1) is 0 Å². The van der Waals surface area contributed by atoms with Crippen molar-refractivity contribution in [2.45, 2.75) is 30.7 Å². The molecule has 1 aliphatic rings. The van der Waals surface area contributed by atoms with E-state index in [1.165, 1.54) is 0 Å². The lowest BCUT2D eigenvalue weighted by Gasteiger charge is -2.37. The second kappa shape index (κ2) is 4.29. The van der Waals surface area contributed by atoms with Gasteiger partial charge < -0.3 is 25.2 Å². The van der Waals surface area contributed by atoms with Crippen LogP contribution in [0.3, 0.4) is 0 Å². The first-order chi connectivity index (χ1) is 6.11. The summed E-state index contributed by atoms with van der Waals surface area (Å²) in [6.45, 7) is -0.551. The van der Waals surface area contributed by atoms with Gasteiger partial charge in [-0.05, 0) is 0 Å². The van der Waals surface area contributed by atoms with E-state index in [1.807, 2.05) is 0 Å². The minimum Gasteiger partial charge on any atom is -0.394 e. The molecular formula is C6H12O7. The number of aliphatic hydroxyl groups excluding tert-OH is 4. The van der Waals surface area contributed by atoms with Gasteiger partial charge in [-0.1, -0.05) is 0 Å². The normalized spacial score (nSPS) is 46.4. The zero-order chi connectivity index (χ0) is 10.0. The Bertz CT molecular complexity index is 143. The Labute approximate surface area is 73.7 Å². The van der Waals surface area contributed by atoms with Gasteiger partial charge in [0.05, 0.1) is 6.61 Å². The number of rotatable bonds is 2. The largest absolute Gasteiger partial charge is 0.394 e. The highest BCUT2D eigenvalue weighted by molar-refractivity contribution is 4.88. The van der Waals surface area contributed by atoms with Gasteiger partial charge in [0.25, 0.3) is 0 Å². The molecule has 78 valence electrons. The van der Waals surface area contributed by atoms with Crippen molar-refractivity contribution in [1.82, 2.24) is 0 Å². The van der Waals surface area contributed by atoms with E-state index in [4.69, 9.17) is 25.3 Å². The topological polar surface area (TPSA) is 120 Å². The summed E-state index contributed by atoms with van der Waals surface area (Å²) in [6, 6.07) is 0. The fourth-order valence-corrected chi connectivity index (χ4v) is 1.15. The highest BCUT2D eigenvalue weighted by atomic mass is 17.1. The van der Waals surface area contributed by atoms with Crippen molar-refractivity contribution >= 4 is 0 Å². The second-order valence-corrected chi connectivity index (χ2v) is 2.80. The number of hydrogen-bond acceptors (Lipinski definition) is 7. The molecule has 0 aromatic heterocycles. The quantitative estimate of drug-likeness (QED) is 0.240. The Kier molecular flexibility index (Phi) is 3.56. The summed E-state index contributed by atoms with van der Waals surface area (Å²) in [5.41, 5.74) is 0. The fourth-order valence-electron chi connectivity index (χ4n) is 1.15. The molecule has 0 aromatic rings. The fraction of sp³-hybridized carbons (Fsp3) is 1.00. The third kappa shape index (κ3) is 1.97. The van der Waals surface area contributed by atoms with Crippen LogP contribution in [0.25, 0.3) is 0 Å². The van der Waals surface area contributed by atoms with Crippen molar-refractivity contribution in [3.63, 3.8) is 0 Å². The van der Waals surface area contributed by atoms with Gasteiger partial charge in [0.15, 0.2) is 0 Å². The Balaban J connectivity index is 2.66. The average Bonchev–Trinajstić information content (AvgIpc) is 2.15. The molecule has 5 N–H and O–H groups in total. The van der Waals surface area contributed by atoms with Crippen LogP contribution in [-0.4, -0.2) is 63.0 Å². The smallest absolute Gasteiger partial charge is 0.220 e. The summed E-state index contributed by atoms with van der Waals surface area (Å²) in [4.78, 5) is 3.70. The Morgan fingerprint density at radius 3 is 2.15 bits per heavy atom. The van der Waals surface area contributed by atoms with E-state index in [9.17, 15) is 5.11 Å². The Morgan fingerprint density at radius 1 is 1.08 bits per heavy atom. The van der Waals surface area contributed by atoms with E-state index in [0.29, 0.717) is 0 Å². The lowest BCUT2D eigenvalue weighted by Crippen LogP contribution is -2.58. The van der Waals surface area contributed by atoms with Crippen molar-refractivity contribution < 1.29 is 35.3 Å². The molecule has 0 aromatic carbocycles. The molecule has 0 spiro atoms. The molecule has 0 radical (unpaired) electrons. The maximum Gasteiger partial charge on any atom is 0.220 e. The third-order valence-corrected chi connectivity index (χ3v) is 1.95. The molecule has 5 atom stereocenters. The van der Waals surface area contributed by atoms with Gasteiger partial charge in [-0.15, -0.1) is 0 Å². The van der Waals surface area contributed by atoms with Gasteiger partial charge >= 0.3 is 0 Å². The van der Waals surface area contributed by atoms with Crippen molar-refractivity contribution in [3.05, 3.63) is 0 Å². The van der Waals surface area contributed by atoms with E-state index in [1.54, 1.807) is 0 Å². The molecule has 7 heteroatoms. The van der Waals surface area contributed by atoms with Gasteiger partial charge in [0.1, 0.15) is 24.4 Å². The minimum absolute atomic E-state index is 0.551. The van der Waals surface area contributed by atoms with Gasteiger partial charge in [0.2, 0.25) is 6.29 Å². The lowest BCUT2D eigenvalue weighted by atomic mass is 9.99. The zero-order valence-corrected chi connectivity index (χ0v) is 6.65. The second-order valence-electron chi connectivity index (χ2n) is 2.80. The SMILES string of the molecule is OC[C@H]1O[C@@H](OO)[C@H](O)[C@@H](O)[C@@H]1O. The Hall–Kier alpha value is -0.280. The van der Waals surface area contributed by atoms with Gasteiger partial charge in [-0.25, -0.2) is 10.1 Å². The van der Waals surface area contributed by atoms with Crippen LogP contribution < -0.4 is 0 Å². The molecule has 1 rings (SSSR count). The van der Waals surface area contributed by atoms with E-state index >= 15 is 0 Å². The third-order valence-electron chi connectivity index (χ3n) is 1.95. The molecular weight excluding hydrogens is 184 g/mol. The lowest BCUT2D eigenvalue weighted by molar-refractivity contribution is -0.404. The predicted octanol–water partition coefficient (Wildman–Crippen LogP) is -2.72. The molecule has 1 aliphatic heterocycles. The zero-order valence-electron chi connectivity index (χ0n) is 6.65. The predicted molar refractivity (Wildman–Crippen MR) is 37.5 cm³/mol. The molecule has 1 saturated heterocycles. The van der Waals surface area contributed by atoms with Crippen LogP contribution in [0.15, 0.2) is 0 Å². The summed E-state index contributed by atoms with van der Waals surface area (Å²) in [7, 11) is 0. The molecule has 13 heavy (non-hydrogen) atoms. The first-order valence-corrected chi connectivity index (χ1v) is 3.72. The van der Waals surface area contributed by atoms with E-state index in [2.05, 4.69) is 4.89 Å². The van der Waals surface area contributed by atoms with Crippen molar-refractivity contribution in [2.75, 3.05) is 6.61 Å². The first-order valence-electron chi connectivity index (χ1n) is 3.72. The number of hydrogen-bond donors (Lipinski definition) is 5. The molecule has 1 heterocycles. The van der Waals surface area contributed by atoms with Gasteiger partial charge in [0, 0.05) is 0 Å². The monoisotopic (exact) mass is 196 g/mol. The summed E-state index contributed by atoms with van der Waals surface area (Å²) in [6.07, 6.45) is -7.04. The molecule has 0 amide bonds. The highest BCUT2D eigenvalue weighted by Crippen LogP contribution is 2.20. The highest BCUT2D eigenvalue weighted by Gasteiger charge is 2.44. The molecule has 7 nitrogen and oxygen atoms in total. The van der Waals surface area contributed by atoms with Gasteiger partial charge in [-0.3, -0.25) is 0 Å². The molecule has 1 fully saturated rings. The maximum atomic E-state index is 9.19. The van der Waals surface area contributed by atoms with Crippen LogP contribution >= 0.6 is 0 Å². The molecule has 0 bridgehead atoms. The standard InChI is InChI=1S/C6H12O7/c7-1-2-3(8)4(9)5(10)6(12-2)13-11/h2-11H,1H2/t2-,3-,4+,5-,6+/m1/s1. The van der Waals surface area contributed by atoms with Gasteiger partial charge in [-0.2, -0.15) is 0 Å². The van der Waals surface area contributed by atoms with Crippen molar-refractivity contribution in [3.8, 4) is 0 Å². The summed E-state index contributed by atoms with van der Waals surface area (Å²) < 4.78 is 4.70. The molecule has 0 unspecified atom stereocenters. The minimum atomic E-state index is -1.55. The Morgan fingerprint density at radius 2 is 1.69 bits per heavy atom. The van der Waals surface area contributed by atoms with Crippen molar-refractivity contribution in [2.24, 2.45) is 0 Å². The van der Waals surface area contributed by atoms with Crippen molar-refractivity contribution in [1.29, 1.82) is 0 Å². The van der Waals surface area contributed by atoms with Crippen LogP contribution in [-0.2, 0) is 9.62 Å². The first kappa shape index (κ1) is 10.8. The summed E-state index contributed by atoms with van der Waals surface area (Å²) >= 11 is 0. The van der Waals surface area contributed by atoms with E-state index in [-0.39, 0.29) is 0 Å². The molecule has 0 saturated carbocycles. The molecule has 0 aliphatic carbocycles. The number of ether oxygens (including phenoxy) is 1. The van der Waals surface area contributed by atoms with Crippen LogP contribution in [0.1, 0.15) is 0 Å². The van der Waals surface area contributed by atoms with Crippen LogP contribution in [0.5, 0.6) is 0 Å². The maximum absolute atomic E-state index is 9.19. The van der Waals surface area contributed by atoms with E-state index < -0.39 is 37.3 Å².